The van der Waals surface area contributed by atoms with Crippen molar-refractivity contribution in [2.24, 2.45) is 5.92 Å². The number of carbonyl (C=O) groups excluding carboxylic acids is 1. The van der Waals surface area contributed by atoms with Gasteiger partial charge in [0.05, 0.1) is 23.1 Å². The lowest BCUT2D eigenvalue weighted by Crippen LogP contribution is -2.49. The van der Waals surface area contributed by atoms with Gasteiger partial charge in [0.2, 0.25) is 0 Å². The summed E-state index contributed by atoms with van der Waals surface area (Å²) in [4.78, 5) is 17.4. The van der Waals surface area contributed by atoms with Gasteiger partial charge < -0.3 is 14.7 Å². The first-order valence-corrected chi connectivity index (χ1v) is 16.4. The molecule has 1 amide bonds. The smallest absolute Gasteiger partial charge is 0.261 e. The summed E-state index contributed by atoms with van der Waals surface area (Å²) in [5.41, 5.74) is 3.81. The summed E-state index contributed by atoms with van der Waals surface area (Å²) in [5.74, 6) is -0.662. The van der Waals surface area contributed by atoms with Gasteiger partial charge in [0.25, 0.3) is 15.9 Å². The number of fused-ring (bicyclic) bond motifs is 1. The maximum atomic E-state index is 13.8. The van der Waals surface area contributed by atoms with Gasteiger partial charge >= 0.3 is 0 Å². The second-order valence-corrected chi connectivity index (χ2v) is 13.3. The first-order valence-electron chi connectivity index (χ1n) is 14.9. The molecular weight excluding hydrogens is 593 g/mol. The molecule has 4 aromatic carbocycles. The average Bonchev–Trinajstić information content (AvgIpc) is 3.03. The number of sulfonamides is 1. The molecule has 0 saturated heterocycles. The zero-order valence-corrected chi connectivity index (χ0v) is 26.4. The van der Waals surface area contributed by atoms with Crippen molar-refractivity contribution in [3.8, 4) is 16.9 Å². The highest BCUT2D eigenvalue weighted by atomic mass is 32.2. The molecule has 1 aliphatic heterocycles. The number of anilines is 1. The van der Waals surface area contributed by atoms with Crippen LogP contribution in [0.25, 0.3) is 11.1 Å². The number of nitrogens with one attached hydrogen (secondary N) is 1. The van der Waals surface area contributed by atoms with Crippen molar-refractivity contribution >= 4 is 21.6 Å². The van der Waals surface area contributed by atoms with Crippen molar-refractivity contribution < 1.29 is 27.4 Å². The summed E-state index contributed by atoms with van der Waals surface area (Å²) in [6.07, 6.45) is -0.305. The Labute approximate surface area is 264 Å². The summed E-state index contributed by atoms with van der Waals surface area (Å²) < 4.78 is 48.2. The van der Waals surface area contributed by atoms with E-state index in [0.29, 0.717) is 25.4 Å². The molecule has 2 N–H and O–H groups in total. The van der Waals surface area contributed by atoms with E-state index in [1.165, 1.54) is 24.3 Å². The average molecular weight is 632 g/mol. The zero-order chi connectivity index (χ0) is 32.1. The molecule has 0 radical (unpaired) electrons. The fourth-order valence-electron chi connectivity index (χ4n) is 5.45. The molecule has 8 nitrogen and oxygen atoms in total. The summed E-state index contributed by atoms with van der Waals surface area (Å²) >= 11 is 0. The molecule has 0 aromatic heterocycles. The molecule has 45 heavy (non-hydrogen) atoms. The van der Waals surface area contributed by atoms with E-state index in [2.05, 4.69) is 46.0 Å². The molecule has 1 aliphatic rings. The van der Waals surface area contributed by atoms with Crippen LogP contribution in [0, 0.1) is 11.7 Å². The number of benzene rings is 4. The largest absolute Gasteiger partial charge is 0.488 e. The van der Waals surface area contributed by atoms with Crippen LogP contribution in [0.3, 0.4) is 0 Å². The molecule has 4 aromatic rings. The second-order valence-electron chi connectivity index (χ2n) is 11.7. The molecule has 0 saturated carbocycles. The van der Waals surface area contributed by atoms with E-state index >= 15 is 0 Å². The Hall–Kier alpha value is -4.25. The van der Waals surface area contributed by atoms with Crippen molar-refractivity contribution in [3.05, 3.63) is 114 Å². The molecule has 1 heterocycles. The van der Waals surface area contributed by atoms with Crippen LogP contribution in [-0.2, 0) is 16.6 Å². The van der Waals surface area contributed by atoms with Crippen LogP contribution in [0.15, 0.2) is 102 Å². The van der Waals surface area contributed by atoms with Crippen molar-refractivity contribution in [3.63, 3.8) is 0 Å². The maximum absolute atomic E-state index is 13.8. The molecule has 5 rings (SSSR count). The van der Waals surface area contributed by atoms with Crippen LogP contribution in [0.4, 0.5) is 10.1 Å². The quantitative estimate of drug-likeness (QED) is 0.235. The van der Waals surface area contributed by atoms with Crippen LogP contribution in [0.1, 0.15) is 29.8 Å². The number of ether oxygens (including phenoxy) is 1. The summed E-state index contributed by atoms with van der Waals surface area (Å²) in [5, 5.41) is 9.97. The molecule has 10 heteroatoms. The van der Waals surface area contributed by atoms with Crippen molar-refractivity contribution in [1.82, 2.24) is 9.80 Å². The van der Waals surface area contributed by atoms with E-state index in [1.54, 1.807) is 17.9 Å². The standard InChI is InChI=1S/C35H38FN3O5S/c1-24-20-39(25(2)23-40)35(41)32-19-30(37-45(42,43)31-16-13-29(36)14-17-31)15-18-33(32)44-34(24)22-38(3)21-26-9-11-28(12-10-26)27-7-5-4-6-8-27/h4-19,24-25,34,37,40H,20-23H2,1-3H3/t24-,25+,34+/m0/s1. The van der Waals surface area contributed by atoms with Crippen LogP contribution in [-0.4, -0.2) is 68.1 Å². The maximum Gasteiger partial charge on any atom is 0.261 e. The lowest BCUT2D eigenvalue weighted by atomic mass is 9.99. The molecule has 0 spiro atoms. The fraction of sp³-hybridized carbons (Fsp3) is 0.286. The lowest BCUT2D eigenvalue weighted by molar-refractivity contribution is 0.0341. The molecule has 236 valence electrons. The number of rotatable bonds is 10. The molecule has 3 atom stereocenters. The normalized spacial score (nSPS) is 17.6. The highest BCUT2D eigenvalue weighted by molar-refractivity contribution is 7.92. The first-order chi connectivity index (χ1) is 21.5. The Morgan fingerprint density at radius 2 is 1.67 bits per heavy atom. The number of hydrogen-bond donors (Lipinski definition) is 2. The number of carbonyl (C=O) groups is 1. The first kappa shape index (κ1) is 32.2. The predicted molar refractivity (Wildman–Crippen MR) is 173 cm³/mol. The second kappa shape index (κ2) is 13.8. The number of aliphatic hydroxyl groups is 1. The van der Waals surface area contributed by atoms with Crippen LogP contribution >= 0.6 is 0 Å². The van der Waals surface area contributed by atoms with E-state index < -0.39 is 21.9 Å². The summed E-state index contributed by atoms with van der Waals surface area (Å²) in [7, 11) is -2.02. The van der Waals surface area contributed by atoms with Gasteiger partial charge in [-0.25, -0.2) is 12.8 Å². The molecular formula is C35H38FN3O5S. The summed E-state index contributed by atoms with van der Waals surface area (Å²) in [6, 6.07) is 27.3. The third kappa shape index (κ3) is 7.70. The molecule has 0 unspecified atom stereocenters. The van der Waals surface area contributed by atoms with Crippen LogP contribution in [0.5, 0.6) is 5.75 Å². The number of nitrogens with zero attached hydrogens (tertiary/aromatic N) is 2. The lowest BCUT2D eigenvalue weighted by Gasteiger charge is -2.38. The molecule has 0 bridgehead atoms. The van der Waals surface area contributed by atoms with Gasteiger partial charge in [-0.2, -0.15) is 0 Å². The Bertz CT molecular complexity index is 1720. The van der Waals surface area contributed by atoms with Gasteiger partial charge in [0, 0.05) is 31.2 Å². The molecule has 0 aliphatic carbocycles. The van der Waals surface area contributed by atoms with Crippen molar-refractivity contribution in [2.75, 3.05) is 31.5 Å². The highest BCUT2D eigenvalue weighted by Crippen LogP contribution is 2.32. The van der Waals surface area contributed by atoms with Crippen LogP contribution < -0.4 is 9.46 Å². The van der Waals surface area contributed by atoms with E-state index in [4.69, 9.17) is 4.74 Å². The van der Waals surface area contributed by atoms with Gasteiger partial charge in [-0.3, -0.25) is 14.4 Å². The Morgan fingerprint density at radius 1 is 1.00 bits per heavy atom. The van der Waals surface area contributed by atoms with E-state index in [-0.39, 0.29) is 40.7 Å². The van der Waals surface area contributed by atoms with Gasteiger partial charge in [-0.1, -0.05) is 61.5 Å². The Balaban J connectivity index is 1.36. The van der Waals surface area contributed by atoms with Gasteiger partial charge in [-0.15, -0.1) is 0 Å². The Kier molecular flexibility index (Phi) is 9.86. The third-order valence-electron chi connectivity index (χ3n) is 8.05. The number of likely N-dealkylation sites (N-methyl/N-ethyl adjacent to an activating group) is 1. The zero-order valence-electron chi connectivity index (χ0n) is 25.6. The summed E-state index contributed by atoms with van der Waals surface area (Å²) in [6.45, 7) is 5.16. The number of hydrogen-bond acceptors (Lipinski definition) is 6. The van der Waals surface area contributed by atoms with E-state index in [1.807, 2.05) is 32.2 Å². The van der Waals surface area contributed by atoms with Crippen molar-refractivity contribution in [2.45, 2.75) is 37.4 Å². The number of amides is 1. The van der Waals surface area contributed by atoms with E-state index in [9.17, 15) is 22.7 Å². The van der Waals surface area contributed by atoms with Gasteiger partial charge in [0.1, 0.15) is 17.7 Å². The Morgan fingerprint density at radius 3 is 2.33 bits per heavy atom. The van der Waals surface area contributed by atoms with Crippen LogP contribution in [0.2, 0.25) is 0 Å². The fourth-order valence-corrected chi connectivity index (χ4v) is 6.50. The minimum atomic E-state index is -4.04. The predicted octanol–water partition coefficient (Wildman–Crippen LogP) is 5.65. The van der Waals surface area contributed by atoms with Gasteiger partial charge in [0.15, 0.2) is 0 Å². The highest BCUT2D eigenvalue weighted by Gasteiger charge is 2.33. The number of aliphatic hydroxyl groups excluding tert-OH is 1. The van der Waals surface area contributed by atoms with Crippen molar-refractivity contribution in [1.29, 1.82) is 0 Å². The van der Waals surface area contributed by atoms with Gasteiger partial charge in [-0.05, 0) is 73.1 Å². The number of halogens is 1. The molecule has 0 fully saturated rings. The van der Waals surface area contributed by atoms with E-state index in [0.717, 1.165) is 28.8 Å². The minimum Gasteiger partial charge on any atom is -0.488 e. The minimum absolute atomic E-state index is 0.0735. The SMILES string of the molecule is C[C@H](CO)N1C[C@H](C)[C@@H](CN(C)Cc2ccc(-c3ccccc3)cc2)Oc2ccc(NS(=O)(=O)c3ccc(F)cc3)cc2C1=O. The third-order valence-corrected chi connectivity index (χ3v) is 9.44. The topological polar surface area (TPSA) is 99.2 Å². The monoisotopic (exact) mass is 631 g/mol.